The Labute approximate surface area is 344 Å². The number of benzene rings is 5. The number of hydrogen-bond acceptors (Lipinski definition) is 8. The molecule has 0 bridgehead atoms. The maximum atomic E-state index is 14.3. The van der Waals surface area contributed by atoms with E-state index in [0.717, 1.165) is 22.5 Å². The number of thiophene rings is 1. The van der Waals surface area contributed by atoms with Crippen molar-refractivity contribution in [2.75, 3.05) is 22.6 Å². The maximum Gasteiger partial charge on any atom is 0.341 e. The van der Waals surface area contributed by atoms with Gasteiger partial charge in [0.15, 0.2) is 0 Å². The van der Waals surface area contributed by atoms with Crippen molar-refractivity contribution < 1.29 is 28.7 Å². The first-order valence-electron chi connectivity index (χ1n) is 18.4. The zero-order valence-corrected chi connectivity index (χ0v) is 33.5. The van der Waals surface area contributed by atoms with E-state index in [4.69, 9.17) is 4.74 Å². The SMILES string of the molecule is CCOC(=O)c1c(NC(=O)C(Sc2cccc(NC(=O)/C(=C/c3ccccc3C)NC(=O)c3ccccc3)c2)c2ccccc2)sc(C(=O)Nc2ccccc2)c1C. The van der Waals surface area contributed by atoms with Crippen molar-refractivity contribution in [1.29, 1.82) is 0 Å². The summed E-state index contributed by atoms with van der Waals surface area (Å²) in [6.07, 6.45) is 1.63. The lowest BCUT2D eigenvalue weighted by Crippen LogP contribution is -2.30. The number of rotatable bonds is 14. The Kier molecular flexibility index (Phi) is 13.7. The van der Waals surface area contributed by atoms with Crippen LogP contribution in [0.3, 0.4) is 0 Å². The highest BCUT2D eigenvalue weighted by atomic mass is 32.2. The van der Waals surface area contributed by atoms with Gasteiger partial charge in [-0.3, -0.25) is 19.2 Å². The summed E-state index contributed by atoms with van der Waals surface area (Å²) in [5.74, 6) is -2.51. The molecule has 1 aromatic heterocycles. The van der Waals surface area contributed by atoms with Crippen molar-refractivity contribution >= 4 is 75.1 Å². The van der Waals surface area contributed by atoms with Crippen molar-refractivity contribution in [1.82, 2.24) is 5.32 Å². The molecule has 0 radical (unpaired) electrons. The third-order valence-corrected chi connectivity index (χ3v) is 11.3. The fourth-order valence-corrected chi connectivity index (χ4v) is 8.06. The Morgan fingerprint density at radius 2 is 1.34 bits per heavy atom. The molecule has 5 aromatic carbocycles. The Morgan fingerprint density at radius 1 is 0.707 bits per heavy atom. The van der Waals surface area contributed by atoms with E-state index in [-0.39, 0.29) is 27.7 Å². The topological polar surface area (TPSA) is 143 Å². The molecule has 0 aliphatic carbocycles. The van der Waals surface area contributed by atoms with Crippen LogP contribution in [-0.2, 0) is 14.3 Å². The van der Waals surface area contributed by atoms with Gasteiger partial charge in [-0.15, -0.1) is 23.1 Å². The van der Waals surface area contributed by atoms with E-state index >= 15 is 0 Å². The largest absolute Gasteiger partial charge is 0.462 e. The molecule has 0 saturated carbocycles. The summed E-state index contributed by atoms with van der Waals surface area (Å²) < 4.78 is 5.35. The minimum Gasteiger partial charge on any atom is -0.462 e. The Hall–Kier alpha value is -6.76. The number of para-hydroxylation sites is 1. The van der Waals surface area contributed by atoms with Gasteiger partial charge in [0, 0.05) is 21.8 Å². The number of hydrogen-bond donors (Lipinski definition) is 4. The Balaban J connectivity index is 1.26. The Morgan fingerprint density at radius 3 is 2.03 bits per heavy atom. The van der Waals surface area contributed by atoms with E-state index in [2.05, 4.69) is 21.3 Å². The first-order chi connectivity index (χ1) is 28.1. The maximum absolute atomic E-state index is 14.3. The fourth-order valence-electron chi connectivity index (χ4n) is 5.88. The minimum atomic E-state index is -0.826. The molecule has 10 nitrogen and oxygen atoms in total. The van der Waals surface area contributed by atoms with E-state index < -0.39 is 34.8 Å². The van der Waals surface area contributed by atoms with Crippen molar-refractivity contribution in [2.24, 2.45) is 0 Å². The molecule has 0 saturated heterocycles. The second-order valence-electron chi connectivity index (χ2n) is 12.9. The molecule has 0 aliphatic heterocycles. The highest BCUT2D eigenvalue weighted by Crippen LogP contribution is 2.40. The number of nitrogens with one attached hydrogen (secondary N) is 4. The molecule has 6 aromatic rings. The summed E-state index contributed by atoms with van der Waals surface area (Å²) in [6, 6.07) is 41.2. The van der Waals surface area contributed by atoms with Crippen LogP contribution < -0.4 is 21.3 Å². The smallest absolute Gasteiger partial charge is 0.341 e. The zero-order valence-electron chi connectivity index (χ0n) is 31.9. The van der Waals surface area contributed by atoms with Crippen molar-refractivity contribution in [3.63, 3.8) is 0 Å². The number of anilines is 3. The fraction of sp³-hybridized carbons (Fsp3) is 0.109. The van der Waals surface area contributed by atoms with Crippen molar-refractivity contribution in [3.8, 4) is 0 Å². The summed E-state index contributed by atoms with van der Waals surface area (Å²) in [5, 5.41) is 10.8. The van der Waals surface area contributed by atoms with Gasteiger partial charge < -0.3 is 26.0 Å². The van der Waals surface area contributed by atoms with Crippen LogP contribution in [0.15, 0.2) is 150 Å². The van der Waals surface area contributed by atoms with Gasteiger partial charge in [-0.05, 0) is 91.6 Å². The molecule has 1 heterocycles. The molecule has 12 heteroatoms. The van der Waals surface area contributed by atoms with E-state index in [1.54, 1.807) is 92.7 Å². The van der Waals surface area contributed by atoms with Gasteiger partial charge in [0.25, 0.3) is 17.7 Å². The third kappa shape index (κ3) is 10.3. The average Bonchev–Trinajstić information content (AvgIpc) is 3.56. The van der Waals surface area contributed by atoms with Crippen LogP contribution in [0.25, 0.3) is 6.08 Å². The van der Waals surface area contributed by atoms with Crippen molar-refractivity contribution in [2.45, 2.75) is 30.9 Å². The average molecular weight is 809 g/mol. The summed E-state index contributed by atoms with van der Waals surface area (Å²) in [5.41, 5.74) is 4.31. The predicted octanol–water partition coefficient (Wildman–Crippen LogP) is 9.68. The van der Waals surface area contributed by atoms with Crippen LogP contribution in [0.2, 0.25) is 0 Å². The summed E-state index contributed by atoms with van der Waals surface area (Å²) in [7, 11) is 0. The van der Waals surface area contributed by atoms with Gasteiger partial charge in [-0.25, -0.2) is 4.79 Å². The molecule has 0 aliphatic rings. The number of esters is 1. The highest BCUT2D eigenvalue weighted by molar-refractivity contribution is 8.00. The summed E-state index contributed by atoms with van der Waals surface area (Å²) in [6.45, 7) is 5.35. The third-order valence-electron chi connectivity index (χ3n) is 8.80. The van der Waals surface area contributed by atoms with Crippen LogP contribution in [-0.4, -0.2) is 36.2 Å². The standard InChI is InChI=1S/C46H40N4O6S2/c1-4-56-46(55)38-30(3)39(43(53)47-34-23-12-7-13-24-34)58-45(38)50-44(54)40(31-18-8-5-9-19-31)57-36-26-16-25-35(28-36)48-42(52)37(27-33-22-15-14-17-29(33)2)49-41(51)32-20-10-6-11-21-32/h5-28,40H,4H2,1-3H3,(H,47,53)(H,48,52)(H,49,51)(H,50,54)/b37-27-. The lowest BCUT2D eigenvalue weighted by atomic mass is 10.1. The van der Waals surface area contributed by atoms with Crippen molar-refractivity contribution in [3.05, 3.63) is 183 Å². The number of aryl methyl sites for hydroxylation is 1. The second-order valence-corrected chi connectivity index (χ2v) is 15.1. The molecule has 4 N–H and O–H groups in total. The van der Waals surface area contributed by atoms with Gasteiger partial charge in [0.1, 0.15) is 15.9 Å². The second kappa shape index (κ2) is 19.4. The lowest BCUT2D eigenvalue weighted by molar-refractivity contribution is -0.116. The first-order valence-corrected chi connectivity index (χ1v) is 20.1. The molecular weight excluding hydrogens is 769 g/mol. The molecule has 58 heavy (non-hydrogen) atoms. The van der Waals surface area contributed by atoms with Gasteiger partial charge in [-0.1, -0.05) is 97.1 Å². The van der Waals surface area contributed by atoms with E-state index in [1.165, 1.54) is 11.8 Å². The zero-order chi connectivity index (χ0) is 41.0. The molecule has 6 rings (SSSR count). The normalized spacial score (nSPS) is 11.5. The summed E-state index contributed by atoms with van der Waals surface area (Å²) >= 11 is 2.23. The van der Waals surface area contributed by atoms with E-state index in [0.29, 0.717) is 33.0 Å². The molecule has 4 amide bonds. The molecule has 1 atom stereocenters. The monoisotopic (exact) mass is 808 g/mol. The Bertz CT molecular complexity index is 2470. The van der Waals surface area contributed by atoms with E-state index in [9.17, 15) is 24.0 Å². The molecule has 0 spiro atoms. The lowest BCUT2D eigenvalue weighted by Gasteiger charge is -2.18. The number of ether oxygens (including phenoxy) is 1. The molecule has 0 fully saturated rings. The molecule has 292 valence electrons. The quantitative estimate of drug-likeness (QED) is 0.0488. The van der Waals surface area contributed by atoms with Crippen LogP contribution in [0.5, 0.6) is 0 Å². The van der Waals surface area contributed by atoms with Crippen LogP contribution in [0.1, 0.15) is 64.8 Å². The van der Waals surface area contributed by atoms with Gasteiger partial charge >= 0.3 is 5.97 Å². The molecular formula is C46H40N4O6S2. The number of thioether (sulfide) groups is 1. The minimum absolute atomic E-state index is 0.0446. The number of amides is 4. The van der Waals surface area contributed by atoms with Gasteiger partial charge in [0.05, 0.1) is 17.0 Å². The molecule has 1 unspecified atom stereocenters. The number of carbonyl (C=O) groups excluding carboxylic acids is 5. The first kappa shape index (κ1) is 40.9. The van der Waals surface area contributed by atoms with Gasteiger partial charge in [-0.2, -0.15) is 0 Å². The van der Waals surface area contributed by atoms with E-state index in [1.807, 2.05) is 73.7 Å². The predicted molar refractivity (Wildman–Crippen MR) is 231 cm³/mol. The van der Waals surface area contributed by atoms with Crippen LogP contribution in [0.4, 0.5) is 16.4 Å². The van der Waals surface area contributed by atoms with Crippen LogP contribution >= 0.6 is 23.1 Å². The van der Waals surface area contributed by atoms with Crippen LogP contribution in [0, 0.1) is 13.8 Å². The van der Waals surface area contributed by atoms with Gasteiger partial charge in [0.2, 0.25) is 5.91 Å². The summed E-state index contributed by atoms with van der Waals surface area (Å²) in [4.78, 5) is 68.9. The highest BCUT2D eigenvalue weighted by Gasteiger charge is 2.30. The number of carbonyl (C=O) groups is 5.